The third-order valence-corrected chi connectivity index (χ3v) is 4.14. The normalized spacial score (nSPS) is 11.7. The van der Waals surface area contributed by atoms with E-state index in [0.29, 0.717) is 0 Å². The first-order chi connectivity index (χ1) is 13.2. The molecule has 1 atom stereocenters. The molecule has 1 aromatic carbocycles. The molecule has 28 heavy (non-hydrogen) atoms. The Kier molecular flexibility index (Phi) is 6.64. The quantitative estimate of drug-likeness (QED) is 0.441. The fourth-order valence-corrected chi connectivity index (χ4v) is 2.77. The number of hydrogen-bond acceptors (Lipinski definition) is 6. The van der Waals surface area contributed by atoms with Crippen LogP contribution in [0.15, 0.2) is 47.4 Å². The van der Waals surface area contributed by atoms with Crippen LogP contribution < -0.4 is 10.9 Å². The molecule has 0 aliphatic carbocycles. The molecule has 0 spiro atoms. The summed E-state index contributed by atoms with van der Waals surface area (Å²) in [4.78, 5) is 46.8. The Morgan fingerprint density at radius 1 is 1.25 bits per heavy atom. The number of carbonyl (C=O) groups excluding carboxylic acids is 2. The second kappa shape index (κ2) is 8.94. The van der Waals surface area contributed by atoms with E-state index in [9.17, 15) is 24.5 Å². The first-order valence-electron chi connectivity index (χ1n) is 8.56. The minimum atomic E-state index is -0.978. The lowest BCUT2D eigenvalue weighted by Crippen LogP contribution is -2.37. The molecule has 0 radical (unpaired) electrons. The summed E-state index contributed by atoms with van der Waals surface area (Å²) in [6.07, 6.45) is 1.08. The number of nitro groups is 1. The number of aromatic nitrogens is 1. The van der Waals surface area contributed by atoms with Gasteiger partial charge in [0.1, 0.15) is 6.54 Å². The van der Waals surface area contributed by atoms with E-state index in [-0.39, 0.29) is 17.5 Å². The summed E-state index contributed by atoms with van der Waals surface area (Å²) in [6, 6.07) is 9.85. The monoisotopic (exact) mass is 387 g/mol. The smallest absolute Gasteiger partial charge is 0.339 e. The Morgan fingerprint density at radius 3 is 2.43 bits per heavy atom. The molecule has 1 aromatic heterocycles. The second-order valence-electron chi connectivity index (χ2n) is 6.50. The van der Waals surface area contributed by atoms with Crippen LogP contribution in [0, 0.1) is 16.0 Å². The number of pyridine rings is 1. The number of amides is 1. The summed E-state index contributed by atoms with van der Waals surface area (Å²) in [5, 5.41) is 13.9. The van der Waals surface area contributed by atoms with Gasteiger partial charge in [-0.05, 0) is 11.5 Å². The van der Waals surface area contributed by atoms with Crippen molar-refractivity contribution in [3.8, 4) is 0 Å². The summed E-state index contributed by atoms with van der Waals surface area (Å²) in [5.41, 5.74) is -1.08. The summed E-state index contributed by atoms with van der Waals surface area (Å²) in [5.74, 6) is -1.29. The van der Waals surface area contributed by atoms with Crippen molar-refractivity contribution >= 4 is 17.6 Å². The van der Waals surface area contributed by atoms with Gasteiger partial charge in [0, 0.05) is 12.3 Å². The highest BCUT2D eigenvalue weighted by Gasteiger charge is 2.23. The first kappa shape index (κ1) is 20.8. The zero-order valence-corrected chi connectivity index (χ0v) is 15.7. The van der Waals surface area contributed by atoms with Crippen molar-refractivity contribution in [1.29, 1.82) is 0 Å². The van der Waals surface area contributed by atoms with Crippen LogP contribution in [0.5, 0.6) is 0 Å². The Bertz CT molecular complexity index is 936. The van der Waals surface area contributed by atoms with Crippen LogP contribution in [0.4, 0.5) is 5.69 Å². The standard InChI is InChI=1S/C19H21N3O6/c1-12(2)17(13-7-5-4-6-8-13)20-16(23)11-21-10-14(19(25)28-3)9-15(18(21)24)22(26)27/h4-10,12,17H,11H2,1-3H3,(H,20,23). The fourth-order valence-electron chi connectivity index (χ4n) is 2.77. The molecular weight excluding hydrogens is 366 g/mol. The zero-order valence-electron chi connectivity index (χ0n) is 15.7. The zero-order chi connectivity index (χ0) is 20.8. The van der Waals surface area contributed by atoms with E-state index >= 15 is 0 Å². The van der Waals surface area contributed by atoms with E-state index in [2.05, 4.69) is 10.1 Å². The summed E-state index contributed by atoms with van der Waals surface area (Å²) in [6.45, 7) is 3.40. The molecule has 0 aliphatic heterocycles. The molecule has 1 N–H and O–H groups in total. The van der Waals surface area contributed by atoms with Crippen LogP contribution in [0.1, 0.15) is 35.8 Å². The maximum absolute atomic E-state index is 12.5. The maximum Gasteiger partial charge on any atom is 0.339 e. The number of nitrogens with zero attached hydrogens (tertiary/aromatic N) is 2. The van der Waals surface area contributed by atoms with Crippen LogP contribution in [0.2, 0.25) is 0 Å². The van der Waals surface area contributed by atoms with Gasteiger partial charge in [-0.2, -0.15) is 0 Å². The number of hydrogen-bond donors (Lipinski definition) is 1. The molecule has 2 aromatic rings. The molecule has 0 aliphatic rings. The molecule has 1 amide bonds. The van der Waals surface area contributed by atoms with E-state index in [1.807, 2.05) is 44.2 Å². The van der Waals surface area contributed by atoms with Crippen molar-refractivity contribution in [3.05, 3.63) is 74.2 Å². The number of benzene rings is 1. The highest BCUT2D eigenvalue weighted by Crippen LogP contribution is 2.21. The van der Waals surface area contributed by atoms with E-state index in [1.54, 1.807) is 0 Å². The predicted molar refractivity (Wildman–Crippen MR) is 101 cm³/mol. The van der Waals surface area contributed by atoms with E-state index in [4.69, 9.17) is 0 Å². The lowest BCUT2D eigenvalue weighted by molar-refractivity contribution is -0.386. The van der Waals surface area contributed by atoms with Gasteiger partial charge < -0.3 is 10.1 Å². The molecule has 1 heterocycles. The van der Waals surface area contributed by atoms with Crippen LogP contribution in [0.25, 0.3) is 0 Å². The predicted octanol–water partition coefficient (Wildman–Crippen LogP) is 2.06. The molecule has 2 rings (SSSR count). The van der Waals surface area contributed by atoms with Crippen molar-refractivity contribution in [3.63, 3.8) is 0 Å². The van der Waals surface area contributed by atoms with E-state index in [1.165, 1.54) is 0 Å². The first-order valence-corrected chi connectivity index (χ1v) is 8.56. The summed E-state index contributed by atoms with van der Waals surface area (Å²) in [7, 11) is 1.11. The minimum absolute atomic E-state index is 0.0683. The number of methoxy groups -OCH3 is 1. The molecule has 0 bridgehead atoms. The average molecular weight is 387 g/mol. The summed E-state index contributed by atoms with van der Waals surface area (Å²) < 4.78 is 5.38. The highest BCUT2D eigenvalue weighted by molar-refractivity contribution is 5.89. The van der Waals surface area contributed by atoms with Crippen molar-refractivity contribution in [2.75, 3.05) is 7.11 Å². The molecule has 0 fully saturated rings. The van der Waals surface area contributed by atoms with Gasteiger partial charge in [-0.25, -0.2) is 4.79 Å². The molecular formula is C19H21N3O6. The largest absolute Gasteiger partial charge is 0.465 e. The van der Waals surface area contributed by atoms with Crippen molar-refractivity contribution in [2.24, 2.45) is 5.92 Å². The van der Waals surface area contributed by atoms with Crippen LogP contribution >= 0.6 is 0 Å². The van der Waals surface area contributed by atoms with Crippen LogP contribution in [-0.4, -0.2) is 28.5 Å². The number of carbonyl (C=O) groups is 2. The third kappa shape index (κ3) is 4.81. The Hall–Kier alpha value is -3.49. The highest BCUT2D eigenvalue weighted by atomic mass is 16.6. The van der Waals surface area contributed by atoms with Gasteiger partial charge in [-0.1, -0.05) is 44.2 Å². The third-order valence-electron chi connectivity index (χ3n) is 4.14. The number of ether oxygens (including phenoxy) is 1. The molecule has 9 nitrogen and oxygen atoms in total. The van der Waals surface area contributed by atoms with Gasteiger partial charge in [0.25, 0.3) is 0 Å². The average Bonchev–Trinajstić information content (AvgIpc) is 2.67. The van der Waals surface area contributed by atoms with Gasteiger partial charge in [0.15, 0.2) is 0 Å². The topological polar surface area (TPSA) is 121 Å². The maximum atomic E-state index is 12.5. The molecule has 0 saturated carbocycles. The lowest BCUT2D eigenvalue weighted by atomic mass is 9.96. The van der Waals surface area contributed by atoms with Crippen molar-refractivity contribution < 1.29 is 19.2 Å². The molecule has 9 heteroatoms. The van der Waals surface area contributed by atoms with E-state index < -0.39 is 34.6 Å². The van der Waals surface area contributed by atoms with Gasteiger partial charge in [0.2, 0.25) is 5.91 Å². The lowest BCUT2D eigenvalue weighted by Gasteiger charge is -2.23. The van der Waals surface area contributed by atoms with Crippen molar-refractivity contribution in [1.82, 2.24) is 9.88 Å². The summed E-state index contributed by atoms with van der Waals surface area (Å²) >= 11 is 0. The molecule has 148 valence electrons. The molecule has 1 unspecified atom stereocenters. The molecule has 0 saturated heterocycles. The van der Waals surface area contributed by atoms with E-state index in [0.717, 1.165) is 29.5 Å². The minimum Gasteiger partial charge on any atom is -0.465 e. The number of esters is 1. The number of nitrogens with one attached hydrogen (secondary N) is 1. The Morgan fingerprint density at radius 2 is 1.89 bits per heavy atom. The van der Waals surface area contributed by atoms with Crippen LogP contribution in [0.3, 0.4) is 0 Å². The second-order valence-corrected chi connectivity index (χ2v) is 6.50. The Labute approximate surface area is 161 Å². The van der Waals surface area contributed by atoms with Gasteiger partial charge in [0.05, 0.1) is 23.6 Å². The Balaban J connectivity index is 2.32. The fraction of sp³-hybridized carbons (Fsp3) is 0.316. The van der Waals surface area contributed by atoms with Gasteiger partial charge >= 0.3 is 17.2 Å². The van der Waals surface area contributed by atoms with Crippen molar-refractivity contribution in [2.45, 2.75) is 26.4 Å². The SMILES string of the molecule is COC(=O)c1cc([N+](=O)[O-])c(=O)n(CC(=O)NC(c2ccccc2)C(C)C)c1. The van der Waals surface area contributed by atoms with Gasteiger partial charge in [-0.15, -0.1) is 0 Å². The van der Waals surface area contributed by atoms with Crippen LogP contribution in [-0.2, 0) is 16.1 Å². The van der Waals surface area contributed by atoms with Gasteiger partial charge in [-0.3, -0.25) is 24.3 Å². The number of rotatable bonds is 7.